The van der Waals surface area contributed by atoms with Gasteiger partial charge in [0.25, 0.3) is 11.8 Å². The number of aromatic nitrogens is 1. The van der Waals surface area contributed by atoms with Crippen molar-refractivity contribution in [2.75, 3.05) is 11.9 Å². The molecule has 2 aromatic carbocycles. The van der Waals surface area contributed by atoms with Crippen LogP contribution in [0, 0.1) is 0 Å². The summed E-state index contributed by atoms with van der Waals surface area (Å²) in [5.41, 5.74) is 2.98. The van der Waals surface area contributed by atoms with Crippen molar-refractivity contribution < 1.29 is 18.7 Å². The molecule has 1 aliphatic heterocycles. The number of carbonyl (C=O) groups is 2. The molecule has 8 nitrogen and oxygen atoms in total. The van der Waals surface area contributed by atoms with Crippen molar-refractivity contribution in [1.29, 1.82) is 0 Å². The topological polar surface area (TPSA) is 103 Å². The maximum absolute atomic E-state index is 12.4. The van der Waals surface area contributed by atoms with Gasteiger partial charge in [-0.3, -0.25) is 14.2 Å². The van der Waals surface area contributed by atoms with Crippen molar-refractivity contribution in [1.82, 2.24) is 9.88 Å². The van der Waals surface area contributed by atoms with Crippen molar-refractivity contribution >= 4 is 28.6 Å². The van der Waals surface area contributed by atoms with E-state index in [4.69, 9.17) is 9.15 Å². The average molecular weight is 353 g/mol. The first kappa shape index (κ1) is 15.9. The van der Waals surface area contributed by atoms with Gasteiger partial charge in [-0.2, -0.15) is 0 Å². The SMILES string of the molecule is Cn1c(=O)oc2ccc(CNC(=O)c3ccc4c(c3)OCC(=O)N4)cc21. The smallest absolute Gasteiger partial charge is 0.419 e. The Bertz CT molecular complexity index is 1100. The minimum Gasteiger partial charge on any atom is -0.482 e. The lowest BCUT2D eigenvalue weighted by atomic mass is 10.1. The van der Waals surface area contributed by atoms with Crippen LogP contribution in [-0.2, 0) is 18.4 Å². The van der Waals surface area contributed by atoms with E-state index in [1.807, 2.05) is 0 Å². The molecule has 0 saturated heterocycles. The number of carbonyl (C=O) groups excluding carboxylic acids is 2. The van der Waals surface area contributed by atoms with Crippen LogP contribution in [0.4, 0.5) is 5.69 Å². The quantitative estimate of drug-likeness (QED) is 0.741. The summed E-state index contributed by atoms with van der Waals surface area (Å²) < 4.78 is 11.8. The van der Waals surface area contributed by atoms with Crippen LogP contribution in [0.1, 0.15) is 15.9 Å². The van der Waals surface area contributed by atoms with Gasteiger partial charge in [0.05, 0.1) is 11.2 Å². The molecular formula is C18H15N3O5. The molecule has 0 fully saturated rings. The predicted molar refractivity (Wildman–Crippen MR) is 93.2 cm³/mol. The molecule has 0 radical (unpaired) electrons. The highest BCUT2D eigenvalue weighted by Gasteiger charge is 2.17. The second-order valence-electron chi connectivity index (χ2n) is 5.96. The van der Waals surface area contributed by atoms with E-state index >= 15 is 0 Å². The third-order valence-electron chi connectivity index (χ3n) is 4.19. The second-order valence-corrected chi connectivity index (χ2v) is 5.96. The molecule has 0 atom stereocenters. The molecule has 0 unspecified atom stereocenters. The predicted octanol–water partition coefficient (Wildman–Crippen LogP) is 1.39. The molecule has 4 rings (SSSR count). The molecule has 132 valence electrons. The Morgan fingerprint density at radius 3 is 2.92 bits per heavy atom. The van der Waals surface area contributed by atoms with E-state index < -0.39 is 5.76 Å². The molecule has 2 N–H and O–H groups in total. The summed E-state index contributed by atoms with van der Waals surface area (Å²) in [5, 5.41) is 5.50. The molecule has 1 aromatic heterocycles. The van der Waals surface area contributed by atoms with E-state index in [1.165, 1.54) is 4.57 Å². The first-order valence-corrected chi connectivity index (χ1v) is 7.94. The normalized spacial score (nSPS) is 13.0. The lowest BCUT2D eigenvalue weighted by Crippen LogP contribution is -2.26. The van der Waals surface area contributed by atoms with E-state index in [9.17, 15) is 14.4 Å². The van der Waals surface area contributed by atoms with Gasteiger partial charge in [0.2, 0.25) is 0 Å². The van der Waals surface area contributed by atoms with Crippen LogP contribution < -0.4 is 21.1 Å². The minimum absolute atomic E-state index is 0.0679. The van der Waals surface area contributed by atoms with Crippen LogP contribution in [0.3, 0.4) is 0 Å². The van der Waals surface area contributed by atoms with Crippen molar-refractivity contribution in [2.24, 2.45) is 7.05 Å². The number of anilines is 1. The molecule has 0 spiro atoms. The Hall–Kier alpha value is -3.55. The molecule has 0 bridgehead atoms. The maximum Gasteiger partial charge on any atom is 0.419 e. The molecule has 26 heavy (non-hydrogen) atoms. The number of oxazole rings is 1. The summed E-state index contributed by atoms with van der Waals surface area (Å²) in [6, 6.07) is 10.1. The molecule has 0 saturated carbocycles. The first-order chi connectivity index (χ1) is 12.5. The van der Waals surface area contributed by atoms with Crippen LogP contribution in [-0.4, -0.2) is 23.0 Å². The lowest BCUT2D eigenvalue weighted by molar-refractivity contribution is -0.118. The van der Waals surface area contributed by atoms with Gasteiger partial charge in [-0.05, 0) is 35.9 Å². The average Bonchev–Trinajstić information content (AvgIpc) is 2.93. The van der Waals surface area contributed by atoms with E-state index in [0.717, 1.165) is 5.56 Å². The Kier molecular flexibility index (Phi) is 3.72. The number of nitrogens with zero attached hydrogens (tertiary/aromatic N) is 1. The number of aryl methyl sites for hydroxylation is 1. The summed E-state index contributed by atoms with van der Waals surface area (Å²) >= 11 is 0. The number of nitrogens with one attached hydrogen (secondary N) is 2. The number of amides is 2. The van der Waals surface area contributed by atoms with Gasteiger partial charge < -0.3 is 19.8 Å². The van der Waals surface area contributed by atoms with Gasteiger partial charge >= 0.3 is 5.76 Å². The standard InChI is InChI=1S/C18H15N3O5/c1-21-13-6-10(2-5-14(13)26-18(21)24)8-19-17(23)11-3-4-12-15(7-11)25-9-16(22)20-12/h2-7H,8-9H2,1H3,(H,19,23)(H,20,22). The van der Waals surface area contributed by atoms with Gasteiger partial charge in [0.15, 0.2) is 12.2 Å². The maximum atomic E-state index is 12.4. The van der Waals surface area contributed by atoms with Crippen LogP contribution in [0.2, 0.25) is 0 Å². The number of benzene rings is 2. The number of rotatable bonds is 3. The Morgan fingerprint density at radius 1 is 1.23 bits per heavy atom. The highest BCUT2D eigenvalue weighted by molar-refractivity contribution is 5.99. The van der Waals surface area contributed by atoms with Gasteiger partial charge in [0.1, 0.15) is 5.75 Å². The largest absolute Gasteiger partial charge is 0.482 e. The van der Waals surface area contributed by atoms with Gasteiger partial charge in [-0.25, -0.2) is 4.79 Å². The zero-order valence-electron chi connectivity index (χ0n) is 13.9. The first-order valence-electron chi connectivity index (χ1n) is 7.94. The molecule has 0 aliphatic carbocycles. The summed E-state index contributed by atoms with van der Waals surface area (Å²) in [5.74, 6) is -0.456. The van der Waals surface area contributed by atoms with Crippen molar-refractivity contribution in [3.05, 3.63) is 58.1 Å². The minimum atomic E-state index is -0.428. The van der Waals surface area contributed by atoms with Crippen LogP contribution in [0.15, 0.2) is 45.6 Å². The molecule has 1 aliphatic rings. The fourth-order valence-corrected chi connectivity index (χ4v) is 2.78. The highest BCUT2D eigenvalue weighted by atomic mass is 16.5. The molecular weight excluding hydrogens is 338 g/mol. The third-order valence-corrected chi connectivity index (χ3v) is 4.19. The van der Waals surface area contributed by atoms with Gasteiger partial charge in [-0.1, -0.05) is 6.07 Å². The number of hydrogen-bond acceptors (Lipinski definition) is 5. The van der Waals surface area contributed by atoms with Crippen molar-refractivity contribution in [2.45, 2.75) is 6.54 Å². The Morgan fingerprint density at radius 2 is 2.08 bits per heavy atom. The highest BCUT2D eigenvalue weighted by Crippen LogP contribution is 2.28. The Labute approximate surface area is 147 Å². The van der Waals surface area contributed by atoms with Gasteiger partial charge in [0, 0.05) is 19.2 Å². The summed E-state index contributed by atoms with van der Waals surface area (Å²) in [6.07, 6.45) is 0. The van der Waals surface area contributed by atoms with E-state index in [0.29, 0.717) is 34.6 Å². The Balaban J connectivity index is 1.49. The van der Waals surface area contributed by atoms with Gasteiger partial charge in [-0.15, -0.1) is 0 Å². The van der Waals surface area contributed by atoms with E-state index in [1.54, 1.807) is 43.4 Å². The third kappa shape index (κ3) is 2.81. The number of fused-ring (bicyclic) bond motifs is 2. The second kappa shape index (κ2) is 6.07. The van der Waals surface area contributed by atoms with E-state index in [2.05, 4.69) is 10.6 Å². The molecule has 2 amide bonds. The monoisotopic (exact) mass is 353 g/mol. The number of hydrogen-bond donors (Lipinski definition) is 2. The summed E-state index contributed by atoms with van der Waals surface area (Å²) in [6.45, 7) is 0.227. The van der Waals surface area contributed by atoms with Crippen molar-refractivity contribution in [3.8, 4) is 5.75 Å². The summed E-state index contributed by atoms with van der Waals surface area (Å²) in [4.78, 5) is 35.2. The molecule has 2 heterocycles. The van der Waals surface area contributed by atoms with Crippen LogP contribution >= 0.6 is 0 Å². The van der Waals surface area contributed by atoms with Crippen molar-refractivity contribution in [3.63, 3.8) is 0 Å². The fourth-order valence-electron chi connectivity index (χ4n) is 2.78. The lowest BCUT2D eigenvalue weighted by Gasteiger charge is -2.18. The van der Waals surface area contributed by atoms with Crippen LogP contribution in [0.25, 0.3) is 11.1 Å². The summed E-state index contributed by atoms with van der Waals surface area (Å²) in [7, 11) is 1.63. The molecule has 3 aromatic rings. The molecule has 8 heteroatoms. The number of ether oxygens (including phenoxy) is 1. The zero-order valence-corrected chi connectivity index (χ0v) is 13.9. The van der Waals surface area contributed by atoms with Crippen LogP contribution in [0.5, 0.6) is 5.75 Å². The zero-order chi connectivity index (χ0) is 18.3. The van der Waals surface area contributed by atoms with E-state index in [-0.39, 0.29) is 18.4 Å². The fraction of sp³-hybridized carbons (Fsp3) is 0.167.